The molecule has 23 heavy (non-hydrogen) atoms. The summed E-state index contributed by atoms with van der Waals surface area (Å²) in [5.74, 6) is 0.123. The van der Waals surface area contributed by atoms with Crippen molar-refractivity contribution in [3.8, 4) is 0 Å². The Labute approximate surface area is 135 Å². The van der Waals surface area contributed by atoms with Gasteiger partial charge in [-0.2, -0.15) is 0 Å². The van der Waals surface area contributed by atoms with Crippen LogP contribution in [0.4, 0.5) is 0 Å². The highest BCUT2D eigenvalue weighted by Gasteiger charge is 2.26. The fourth-order valence-electron chi connectivity index (χ4n) is 2.90. The molecule has 3 rings (SSSR count). The van der Waals surface area contributed by atoms with Gasteiger partial charge in [-0.1, -0.05) is 18.2 Å². The maximum absolute atomic E-state index is 12.7. The van der Waals surface area contributed by atoms with Crippen molar-refractivity contribution < 1.29 is 17.6 Å². The highest BCUT2D eigenvalue weighted by atomic mass is 32.2. The van der Waals surface area contributed by atoms with Gasteiger partial charge in [0.25, 0.3) is 5.91 Å². The SMILES string of the molecule is Cc1cccc2cc(C(=O)N3CCCN(S(C)(=O)=O)CC3)oc12. The second-order valence-corrected chi connectivity index (χ2v) is 7.89. The first-order valence-electron chi connectivity index (χ1n) is 7.60. The fourth-order valence-corrected chi connectivity index (χ4v) is 3.77. The van der Waals surface area contributed by atoms with Gasteiger partial charge in [-0.15, -0.1) is 0 Å². The molecule has 0 radical (unpaired) electrons. The van der Waals surface area contributed by atoms with Gasteiger partial charge in [-0.25, -0.2) is 12.7 Å². The summed E-state index contributed by atoms with van der Waals surface area (Å²) in [7, 11) is -3.22. The van der Waals surface area contributed by atoms with Gasteiger partial charge in [0.2, 0.25) is 10.0 Å². The number of carbonyl (C=O) groups excluding carboxylic acids is 1. The first-order valence-corrected chi connectivity index (χ1v) is 9.44. The zero-order valence-electron chi connectivity index (χ0n) is 13.3. The van der Waals surface area contributed by atoms with Crippen molar-refractivity contribution in [2.75, 3.05) is 32.4 Å². The molecular weight excluding hydrogens is 316 g/mol. The summed E-state index contributed by atoms with van der Waals surface area (Å²) in [5.41, 5.74) is 1.71. The number of hydrogen-bond donors (Lipinski definition) is 0. The number of nitrogens with zero attached hydrogens (tertiary/aromatic N) is 2. The summed E-state index contributed by atoms with van der Waals surface area (Å²) in [6.45, 7) is 3.62. The summed E-state index contributed by atoms with van der Waals surface area (Å²) < 4.78 is 30.4. The quantitative estimate of drug-likeness (QED) is 0.839. The molecule has 0 atom stereocenters. The predicted molar refractivity (Wildman–Crippen MR) is 87.9 cm³/mol. The Morgan fingerprint density at radius 3 is 2.65 bits per heavy atom. The molecule has 1 aromatic heterocycles. The van der Waals surface area contributed by atoms with Crippen LogP contribution in [0.1, 0.15) is 22.5 Å². The topological polar surface area (TPSA) is 70.8 Å². The average Bonchev–Trinajstić information content (AvgIpc) is 2.76. The van der Waals surface area contributed by atoms with E-state index in [0.717, 1.165) is 16.5 Å². The number of carbonyl (C=O) groups is 1. The van der Waals surface area contributed by atoms with Crippen LogP contribution in [0.25, 0.3) is 11.0 Å². The van der Waals surface area contributed by atoms with Crippen LogP contribution >= 0.6 is 0 Å². The number of aryl methyl sites for hydroxylation is 1. The van der Waals surface area contributed by atoms with Crippen molar-refractivity contribution in [1.29, 1.82) is 0 Å². The second kappa shape index (κ2) is 5.98. The summed E-state index contributed by atoms with van der Waals surface area (Å²) in [6.07, 6.45) is 1.82. The van der Waals surface area contributed by atoms with Gasteiger partial charge >= 0.3 is 0 Å². The monoisotopic (exact) mass is 336 g/mol. The number of sulfonamides is 1. The van der Waals surface area contributed by atoms with E-state index in [1.54, 1.807) is 11.0 Å². The van der Waals surface area contributed by atoms with Crippen LogP contribution in [0.2, 0.25) is 0 Å². The maximum atomic E-state index is 12.7. The number of fused-ring (bicyclic) bond motifs is 1. The summed E-state index contributed by atoms with van der Waals surface area (Å²) in [6, 6.07) is 7.54. The predicted octanol–water partition coefficient (Wildman–Crippen LogP) is 1.85. The van der Waals surface area contributed by atoms with Crippen LogP contribution in [0.5, 0.6) is 0 Å². The van der Waals surface area contributed by atoms with E-state index in [1.807, 2.05) is 25.1 Å². The van der Waals surface area contributed by atoms with E-state index >= 15 is 0 Å². The van der Waals surface area contributed by atoms with E-state index in [4.69, 9.17) is 4.42 Å². The highest BCUT2D eigenvalue weighted by molar-refractivity contribution is 7.88. The maximum Gasteiger partial charge on any atom is 0.289 e. The number of rotatable bonds is 2. The van der Waals surface area contributed by atoms with Gasteiger partial charge < -0.3 is 9.32 Å². The molecule has 1 fully saturated rings. The largest absolute Gasteiger partial charge is 0.451 e. The molecule has 1 amide bonds. The lowest BCUT2D eigenvalue weighted by Gasteiger charge is -2.19. The molecule has 7 heteroatoms. The third-order valence-electron chi connectivity index (χ3n) is 4.16. The molecule has 124 valence electrons. The van der Waals surface area contributed by atoms with E-state index < -0.39 is 10.0 Å². The molecule has 0 N–H and O–H groups in total. The van der Waals surface area contributed by atoms with Crippen molar-refractivity contribution in [1.82, 2.24) is 9.21 Å². The molecule has 0 aliphatic carbocycles. The average molecular weight is 336 g/mol. The summed E-state index contributed by atoms with van der Waals surface area (Å²) in [5, 5.41) is 0.904. The van der Waals surface area contributed by atoms with Crippen LogP contribution < -0.4 is 0 Å². The Morgan fingerprint density at radius 1 is 1.17 bits per heavy atom. The van der Waals surface area contributed by atoms with Crippen molar-refractivity contribution >= 4 is 26.9 Å². The van der Waals surface area contributed by atoms with Gasteiger partial charge in [-0.3, -0.25) is 4.79 Å². The van der Waals surface area contributed by atoms with Gasteiger partial charge in [0.15, 0.2) is 5.76 Å². The standard InChI is InChI=1S/C16H20N2O4S/c1-12-5-3-6-13-11-14(22-15(12)13)16(19)17-7-4-8-18(10-9-17)23(2,20)21/h3,5-6,11H,4,7-10H2,1-2H3. The molecule has 1 aliphatic rings. The third kappa shape index (κ3) is 3.25. The minimum Gasteiger partial charge on any atom is -0.451 e. The van der Waals surface area contributed by atoms with Crippen LogP contribution in [0.3, 0.4) is 0 Å². The minimum atomic E-state index is -3.22. The molecule has 0 saturated carbocycles. The van der Waals surface area contributed by atoms with Crippen molar-refractivity contribution in [2.24, 2.45) is 0 Å². The number of furan rings is 1. The van der Waals surface area contributed by atoms with Crippen molar-refractivity contribution in [3.05, 3.63) is 35.6 Å². The molecule has 0 unspecified atom stereocenters. The van der Waals surface area contributed by atoms with E-state index in [9.17, 15) is 13.2 Å². The fraction of sp³-hybridized carbons (Fsp3) is 0.438. The smallest absolute Gasteiger partial charge is 0.289 e. The second-order valence-electron chi connectivity index (χ2n) is 5.91. The molecular formula is C16H20N2O4S. The summed E-state index contributed by atoms with van der Waals surface area (Å²) in [4.78, 5) is 14.3. The van der Waals surface area contributed by atoms with Crippen LogP contribution in [0, 0.1) is 6.92 Å². The molecule has 1 aromatic carbocycles. The lowest BCUT2D eigenvalue weighted by Crippen LogP contribution is -2.36. The Balaban J connectivity index is 1.81. The van der Waals surface area contributed by atoms with Crippen LogP contribution in [0.15, 0.2) is 28.7 Å². The molecule has 2 heterocycles. The lowest BCUT2D eigenvalue weighted by atomic mass is 10.2. The van der Waals surface area contributed by atoms with Gasteiger partial charge in [0, 0.05) is 31.6 Å². The molecule has 1 saturated heterocycles. The van der Waals surface area contributed by atoms with Gasteiger partial charge in [0.05, 0.1) is 6.26 Å². The molecule has 6 nitrogen and oxygen atoms in total. The normalized spacial score (nSPS) is 17.4. The highest BCUT2D eigenvalue weighted by Crippen LogP contribution is 2.24. The van der Waals surface area contributed by atoms with Gasteiger partial charge in [-0.05, 0) is 25.0 Å². The third-order valence-corrected chi connectivity index (χ3v) is 5.47. The molecule has 2 aromatic rings. The van der Waals surface area contributed by atoms with Gasteiger partial charge in [0.1, 0.15) is 5.58 Å². The van der Waals surface area contributed by atoms with E-state index in [-0.39, 0.29) is 5.91 Å². The molecule has 1 aliphatic heterocycles. The molecule has 0 spiro atoms. The molecule has 0 bridgehead atoms. The summed E-state index contributed by atoms with van der Waals surface area (Å²) >= 11 is 0. The van der Waals surface area contributed by atoms with E-state index in [1.165, 1.54) is 10.6 Å². The minimum absolute atomic E-state index is 0.184. The number of hydrogen-bond acceptors (Lipinski definition) is 4. The first-order chi connectivity index (χ1) is 10.9. The Morgan fingerprint density at radius 2 is 1.96 bits per heavy atom. The zero-order valence-corrected chi connectivity index (χ0v) is 14.1. The lowest BCUT2D eigenvalue weighted by molar-refractivity contribution is 0.0734. The van der Waals surface area contributed by atoms with Crippen molar-refractivity contribution in [3.63, 3.8) is 0 Å². The van der Waals surface area contributed by atoms with E-state index in [2.05, 4.69) is 0 Å². The zero-order chi connectivity index (χ0) is 16.6. The van der Waals surface area contributed by atoms with Crippen molar-refractivity contribution in [2.45, 2.75) is 13.3 Å². The number of amides is 1. The Kier molecular flexibility index (Phi) is 4.16. The van der Waals surface area contributed by atoms with Crippen LogP contribution in [-0.2, 0) is 10.0 Å². The number of para-hydroxylation sites is 1. The Bertz CT molecular complexity index is 841. The first kappa shape index (κ1) is 16.0. The number of benzene rings is 1. The van der Waals surface area contributed by atoms with Crippen LogP contribution in [-0.4, -0.2) is 56.0 Å². The Hall–Kier alpha value is -1.86. The van der Waals surface area contributed by atoms with E-state index in [0.29, 0.717) is 38.4 Å².